The lowest BCUT2D eigenvalue weighted by Crippen LogP contribution is -2.50. The van der Waals surface area contributed by atoms with Gasteiger partial charge in [0.15, 0.2) is 17.5 Å². The van der Waals surface area contributed by atoms with Crippen molar-refractivity contribution in [3.63, 3.8) is 0 Å². The second-order valence-corrected chi connectivity index (χ2v) is 12.1. The van der Waals surface area contributed by atoms with Gasteiger partial charge in [0.1, 0.15) is 0 Å². The van der Waals surface area contributed by atoms with E-state index in [1.807, 2.05) is 12.1 Å². The molecule has 2 saturated heterocycles. The predicted octanol–water partition coefficient (Wildman–Crippen LogP) is 3.97. The molecule has 4 rings (SSSR count). The highest BCUT2D eigenvalue weighted by Gasteiger charge is 2.33. The van der Waals surface area contributed by atoms with E-state index in [0.29, 0.717) is 24.7 Å². The van der Waals surface area contributed by atoms with E-state index in [0.717, 1.165) is 57.2 Å². The van der Waals surface area contributed by atoms with Crippen LogP contribution in [0.4, 0.5) is 18.9 Å². The van der Waals surface area contributed by atoms with Gasteiger partial charge < -0.3 is 10.0 Å². The number of nitrogens with zero attached hydrogens (tertiary/aromatic N) is 2. The number of carbonyl (C=O) groups excluding carboxylic acids is 1. The van der Waals surface area contributed by atoms with Crippen molar-refractivity contribution in [3.05, 3.63) is 71.1 Å². The molecule has 0 aliphatic carbocycles. The summed E-state index contributed by atoms with van der Waals surface area (Å²) in [7, 11) is -3.31. The van der Waals surface area contributed by atoms with Gasteiger partial charge in [-0.25, -0.2) is 21.6 Å². The van der Waals surface area contributed by atoms with Crippen LogP contribution in [0.3, 0.4) is 0 Å². The van der Waals surface area contributed by atoms with Crippen LogP contribution in [-0.2, 0) is 14.8 Å². The molecule has 2 N–H and O–H groups in total. The summed E-state index contributed by atoms with van der Waals surface area (Å²) in [5, 5.41) is 10.2. The van der Waals surface area contributed by atoms with Crippen LogP contribution < -0.4 is 4.72 Å². The molecule has 2 aromatic carbocycles. The monoisotopic (exact) mass is 565 g/mol. The molecule has 2 heterocycles. The summed E-state index contributed by atoms with van der Waals surface area (Å²) in [6.07, 6.45) is 6.97. The Labute approximate surface area is 227 Å². The van der Waals surface area contributed by atoms with Gasteiger partial charge in [0.25, 0.3) is 0 Å². The number of hydrogen-bond acceptors (Lipinski definition) is 5. The Morgan fingerprint density at radius 1 is 1.03 bits per heavy atom. The molecule has 0 aromatic heterocycles. The number of piperidine rings is 2. The minimum absolute atomic E-state index is 0.00486. The van der Waals surface area contributed by atoms with E-state index in [1.54, 1.807) is 17.0 Å². The molecule has 1 atom stereocenters. The predicted molar refractivity (Wildman–Crippen MR) is 144 cm³/mol. The molecular formula is C28H34F3N3O4S. The van der Waals surface area contributed by atoms with Gasteiger partial charge in [-0.15, -0.1) is 0 Å². The van der Waals surface area contributed by atoms with Crippen molar-refractivity contribution >= 4 is 27.7 Å². The Morgan fingerprint density at radius 3 is 2.15 bits per heavy atom. The first-order valence-corrected chi connectivity index (χ1v) is 15.0. The van der Waals surface area contributed by atoms with Crippen LogP contribution in [0.15, 0.2) is 42.5 Å². The van der Waals surface area contributed by atoms with Crippen LogP contribution in [0.25, 0.3) is 6.08 Å². The lowest BCUT2D eigenvalue weighted by atomic mass is 9.85. The number of likely N-dealkylation sites (tertiary alicyclic amines) is 2. The number of benzene rings is 2. The van der Waals surface area contributed by atoms with E-state index >= 15 is 0 Å². The lowest BCUT2D eigenvalue weighted by Gasteiger charge is -2.43. The third-order valence-corrected chi connectivity index (χ3v) is 8.30. The molecule has 2 aromatic rings. The molecule has 1 amide bonds. The van der Waals surface area contributed by atoms with Crippen molar-refractivity contribution in [2.45, 2.75) is 37.6 Å². The van der Waals surface area contributed by atoms with Crippen molar-refractivity contribution in [1.29, 1.82) is 0 Å². The quantitative estimate of drug-likeness (QED) is 0.374. The fraction of sp³-hybridized carbons (Fsp3) is 0.464. The summed E-state index contributed by atoms with van der Waals surface area (Å²) in [6, 6.07) is 9.16. The summed E-state index contributed by atoms with van der Waals surface area (Å²) in [6.45, 7) is 2.75. The smallest absolute Gasteiger partial charge is 0.246 e. The Hall–Kier alpha value is -2.89. The number of sulfonamides is 1. The van der Waals surface area contributed by atoms with Gasteiger partial charge in [0.2, 0.25) is 15.9 Å². The maximum atomic E-state index is 13.4. The molecule has 11 heteroatoms. The third kappa shape index (κ3) is 7.61. The number of aliphatic hydroxyl groups excluding tert-OH is 1. The molecular weight excluding hydrogens is 531 g/mol. The topological polar surface area (TPSA) is 89.9 Å². The number of nitrogens with one attached hydrogen (secondary N) is 1. The zero-order valence-electron chi connectivity index (χ0n) is 21.8. The molecule has 7 nitrogen and oxygen atoms in total. The SMILES string of the molecule is CS(=O)(=O)Nc1ccc(C2CCN(C(CO)C3CCN(C(=O)C=Cc4cc(F)c(F)c(F)c4)CC3)CC2)cc1. The minimum atomic E-state index is -3.31. The average molecular weight is 566 g/mol. The number of amides is 1. The average Bonchev–Trinajstić information content (AvgIpc) is 2.91. The Kier molecular flexibility index (Phi) is 9.35. The number of carbonyl (C=O) groups is 1. The zero-order valence-corrected chi connectivity index (χ0v) is 22.6. The van der Waals surface area contributed by atoms with E-state index in [4.69, 9.17) is 0 Å². The van der Waals surface area contributed by atoms with E-state index < -0.39 is 27.5 Å². The van der Waals surface area contributed by atoms with Gasteiger partial charge in [0.05, 0.1) is 12.9 Å². The number of aliphatic hydroxyl groups is 1. The standard InChI is InChI=1S/C28H34F3N3O4S/c1-39(37,38)32-23-5-3-20(4-6-23)21-8-12-33(13-9-21)26(18-35)22-10-14-34(15-11-22)27(36)7-2-19-16-24(29)28(31)25(30)17-19/h2-7,16-17,21-22,26,32,35H,8-15,18H2,1H3. The second kappa shape index (κ2) is 12.5. The highest BCUT2D eigenvalue weighted by atomic mass is 32.2. The van der Waals surface area contributed by atoms with Crippen LogP contribution in [0.2, 0.25) is 0 Å². The summed E-state index contributed by atoms with van der Waals surface area (Å²) in [5.41, 5.74) is 1.78. The maximum Gasteiger partial charge on any atom is 0.246 e. The summed E-state index contributed by atoms with van der Waals surface area (Å²) >= 11 is 0. The van der Waals surface area contributed by atoms with Gasteiger partial charge in [-0.05, 0) is 92.1 Å². The minimum Gasteiger partial charge on any atom is -0.395 e. The van der Waals surface area contributed by atoms with Crippen molar-refractivity contribution in [3.8, 4) is 0 Å². The van der Waals surface area contributed by atoms with Gasteiger partial charge >= 0.3 is 0 Å². The third-order valence-electron chi connectivity index (χ3n) is 7.69. The first kappa shape index (κ1) is 29.1. The van der Waals surface area contributed by atoms with Crippen LogP contribution >= 0.6 is 0 Å². The molecule has 2 aliphatic rings. The summed E-state index contributed by atoms with van der Waals surface area (Å²) in [4.78, 5) is 16.6. The molecule has 0 bridgehead atoms. The molecule has 212 valence electrons. The normalized spacial score (nSPS) is 18.9. The van der Waals surface area contributed by atoms with Gasteiger partial charge in [-0.2, -0.15) is 0 Å². The van der Waals surface area contributed by atoms with Crippen LogP contribution in [0.5, 0.6) is 0 Å². The highest BCUT2D eigenvalue weighted by Crippen LogP contribution is 2.32. The van der Waals surface area contributed by atoms with Crippen molar-refractivity contribution in [2.24, 2.45) is 5.92 Å². The fourth-order valence-electron chi connectivity index (χ4n) is 5.61. The van der Waals surface area contributed by atoms with Gasteiger partial charge in [0, 0.05) is 30.9 Å². The Morgan fingerprint density at radius 2 is 1.62 bits per heavy atom. The lowest BCUT2D eigenvalue weighted by molar-refractivity contribution is -0.127. The molecule has 0 spiro atoms. The van der Waals surface area contributed by atoms with Gasteiger partial charge in [-0.3, -0.25) is 14.4 Å². The largest absolute Gasteiger partial charge is 0.395 e. The molecule has 0 saturated carbocycles. The van der Waals surface area contributed by atoms with Crippen molar-refractivity contribution < 1.29 is 31.5 Å². The molecule has 2 fully saturated rings. The van der Waals surface area contributed by atoms with Gasteiger partial charge in [-0.1, -0.05) is 12.1 Å². The molecule has 0 radical (unpaired) electrons. The second-order valence-electron chi connectivity index (χ2n) is 10.4. The Balaban J connectivity index is 1.26. The first-order chi connectivity index (χ1) is 18.5. The van der Waals surface area contributed by atoms with Crippen molar-refractivity contribution in [1.82, 2.24) is 9.80 Å². The van der Waals surface area contributed by atoms with Crippen LogP contribution in [0, 0.1) is 23.4 Å². The summed E-state index contributed by atoms with van der Waals surface area (Å²) < 4.78 is 65.3. The highest BCUT2D eigenvalue weighted by molar-refractivity contribution is 7.92. The molecule has 39 heavy (non-hydrogen) atoms. The Bertz CT molecular complexity index is 1260. The van der Waals surface area contributed by atoms with E-state index in [9.17, 15) is 31.5 Å². The first-order valence-electron chi connectivity index (χ1n) is 13.1. The number of rotatable bonds is 8. The van der Waals surface area contributed by atoms with E-state index in [1.165, 1.54) is 17.7 Å². The number of hydrogen-bond donors (Lipinski definition) is 2. The van der Waals surface area contributed by atoms with E-state index in [-0.39, 0.29) is 30.0 Å². The number of halogens is 3. The summed E-state index contributed by atoms with van der Waals surface area (Å²) in [5.74, 6) is -3.83. The molecule has 2 aliphatic heterocycles. The van der Waals surface area contributed by atoms with Crippen LogP contribution in [-0.4, -0.2) is 74.3 Å². The zero-order chi connectivity index (χ0) is 28.2. The van der Waals surface area contributed by atoms with Crippen LogP contribution in [0.1, 0.15) is 42.7 Å². The van der Waals surface area contributed by atoms with Crippen molar-refractivity contribution in [2.75, 3.05) is 43.8 Å². The fourth-order valence-corrected chi connectivity index (χ4v) is 6.18. The molecule has 1 unspecified atom stereocenters. The number of anilines is 1. The van der Waals surface area contributed by atoms with E-state index in [2.05, 4.69) is 9.62 Å². The maximum absolute atomic E-state index is 13.4.